The molecule has 0 bridgehead atoms. The maximum atomic E-state index is 4.46. The lowest BCUT2D eigenvalue weighted by molar-refractivity contribution is 0.337. The van der Waals surface area contributed by atoms with Crippen LogP contribution in [0, 0.1) is 5.92 Å². The van der Waals surface area contributed by atoms with Crippen LogP contribution in [0.1, 0.15) is 51.8 Å². The standard InChI is InChI=1S/C13H24BrN3/c1-5-8-17-13(11(14)9-16-17)12(15-4)10(6-2)7-3/h9-10,12,15H,5-8H2,1-4H3. The number of halogens is 1. The van der Waals surface area contributed by atoms with E-state index in [-0.39, 0.29) is 0 Å². The molecule has 1 N–H and O–H groups in total. The van der Waals surface area contributed by atoms with Gasteiger partial charge in [0.15, 0.2) is 0 Å². The van der Waals surface area contributed by atoms with Crippen LogP contribution in [-0.2, 0) is 6.54 Å². The van der Waals surface area contributed by atoms with Crippen molar-refractivity contribution in [1.82, 2.24) is 15.1 Å². The van der Waals surface area contributed by atoms with Gasteiger partial charge in [-0.25, -0.2) is 0 Å². The molecular weight excluding hydrogens is 278 g/mol. The SMILES string of the molecule is CCCn1ncc(Br)c1C(NC)C(CC)CC. The van der Waals surface area contributed by atoms with Crippen molar-refractivity contribution >= 4 is 15.9 Å². The fourth-order valence-electron chi connectivity index (χ4n) is 2.43. The number of aryl methyl sites for hydroxylation is 1. The fourth-order valence-corrected chi connectivity index (χ4v) is 2.97. The van der Waals surface area contributed by atoms with Crippen molar-refractivity contribution in [2.45, 2.75) is 52.6 Å². The minimum absolute atomic E-state index is 0.383. The van der Waals surface area contributed by atoms with Crippen molar-refractivity contribution in [1.29, 1.82) is 0 Å². The third kappa shape index (κ3) is 3.32. The summed E-state index contributed by atoms with van der Waals surface area (Å²) in [6.07, 6.45) is 5.40. The molecule has 0 saturated carbocycles. The topological polar surface area (TPSA) is 29.9 Å². The highest BCUT2D eigenvalue weighted by Crippen LogP contribution is 2.31. The molecule has 0 aliphatic carbocycles. The molecule has 0 aliphatic heterocycles. The Morgan fingerprint density at radius 1 is 1.35 bits per heavy atom. The van der Waals surface area contributed by atoms with Gasteiger partial charge in [0, 0.05) is 6.54 Å². The highest BCUT2D eigenvalue weighted by molar-refractivity contribution is 9.10. The van der Waals surface area contributed by atoms with Gasteiger partial charge in [-0.05, 0) is 35.3 Å². The van der Waals surface area contributed by atoms with Gasteiger partial charge in [0.2, 0.25) is 0 Å². The summed E-state index contributed by atoms with van der Waals surface area (Å²) < 4.78 is 3.25. The van der Waals surface area contributed by atoms with E-state index in [2.05, 4.69) is 51.8 Å². The molecule has 1 aromatic heterocycles. The lowest BCUT2D eigenvalue weighted by Crippen LogP contribution is -2.27. The third-order valence-corrected chi connectivity index (χ3v) is 4.01. The quantitative estimate of drug-likeness (QED) is 0.831. The van der Waals surface area contributed by atoms with E-state index >= 15 is 0 Å². The summed E-state index contributed by atoms with van der Waals surface area (Å²) in [6, 6.07) is 0.383. The molecule has 0 saturated heterocycles. The van der Waals surface area contributed by atoms with Crippen LogP contribution in [0.15, 0.2) is 10.7 Å². The van der Waals surface area contributed by atoms with Crippen molar-refractivity contribution in [2.75, 3.05) is 7.05 Å². The Hall–Kier alpha value is -0.350. The highest BCUT2D eigenvalue weighted by atomic mass is 79.9. The number of hydrogen-bond acceptors (Lipinski definition) is 2. The predicted molar refractivity (Wildman–Crippen MR) is 76.1 cm³/mol. The monoisotopic (exact) mass is 301 g/mol. The molecule has 0 radical (unpaired) electrons. The molecule has 0 amide bonds. The Kier molecular flexibility index (Phi) is 6.20. The van der Waals surface area contributed by atoms with Crippen LogP contribution in [0.4, 0.5) is 0 Å². The molecule has 17 heavy (non-hydrogen) atoms. The van der Waals surface area contributed by atoms with E-state index in [1.807, 2.05) is 13.2 Å². The zero-order valence-corrected chi connectivity index (χ0v) is 12.9. The first-order valence-electron chi connectivity index (χ1n) is 6.57. The van der Waals surface area contributed by atoms with Crippen LogP contribution < -0.4 is 5.32 Å². The van der Waals surface area contributed by atoms with Crippen molar-refractivity contribution in [3.63, 3.8) is 0 Å². The number of rotatable bonds is 7. The summed E-state index contributed by atoms with van der Waals surface area (Å²) in [5.41, 5.74) is 1.29. The van der Waals surface area contributed by atoms with E-state index < -0.39 is 0 Å². The van der Waals surface area contributed by atoms with Gasteiger partial charge in [0.05, 0.1) is 22.4 Å². The summed E-state index contributed by atoms with van der Waals surface area (Å²) >= 11 is 3.63. The van der Waals surface area contributed by atoms with Gasteiger partial charge in [0.25, 0.3) is 0 Å². The molecule has 0 spiro atoms. The van der Waals surface area contributed by atoms with E-state index in [4.69, 9.17) is 0 Å². The maximum absolute atomic E-state index is 4.46. The summed E-state index contributed by atoms with van der Waals surface area (Å²) in [5.74, 6) is 0.656. The van der Waals surface area contributed by atoms with E-state index in [9.17, 15) is 0 Å². The molecule has 0 aromatic carbocycles. The van der Waals surface area contributed by atoms with Crippen molar-refractivity contribution < 1.29 is 0 Å². The first-order chi connectivity index (χ1) is 8.19. The van der Waals surface area contributed by atoms with Gasteiger partial charge >= 0.3 is 0 Å². The smallest absolute Gasteiger partial charge is 0.0698 e. The third-order valence-electron chi connectivity index (χ3n) is 3.39. The molecule has 4 heteroatoms. The lowest BCUT2D eigenvalue weighted by atomic mass is 9.92. The Morgan fingerprint density at radius 3 is 2.47 bits per heavy atom. The van der Waals surface area contributed by atoms with Crippen LogP contribution in [0.2, 0.25) is 0 Å². The molecule has 1 aromatic rings. The normalized spacial score (nSPS) is 13.3. The second-order valence-electron chi connectivity index (χ2n) is 4.44. The van der Waals surface area contributed by atoms with Gasteiger partial charge in [-0.2, -0.15) is 5.10 Å². The first-order valence-corrected chi connectivity index (χ1v) is 7.37. The van der Waals surface area contributed by atoms with E-state index in [0.717, 1.165) is 17.4 Å². The van der Waals surface area contributed by atoms with E-state index in [1.54, 1.807) is 0 Å². The molecule has 98 valence electrons. The number of nitrogens with zero attached hydrogens (tertiary/aromatic N) is 2. The van der Waals surface area contributed by atoms with Gasteiger partial charge < -0.3 is 5.32 Å². The van der Waals surface area contributed by atoms with Crippen molar-refractivity contribution in [3.8, 4) is 0 Å². The lowest BCUT2D eigenvalue weighted by Gasteiger charge is -2.26. The maximum Gasteiger partial charge on any atom is 0.0698 e. The molecule has 1 atom stereocenters. The Labute approximate surface area is 113 Å². The van der Waals surface area contributed by atoms with Crippen molar-refractivity contribution in [3.05, 3.63) is 16.4 Å². The second-order valence-corrected chi connectivity index (χ2v) is 5.30. The largest absolute Gasteiger partial charge is 0.311 e. The number of hydrogen-bond donors (Lipinski definition) is 1. The fraction of sp³-hybridized carbons (Fsp3) is 0.769. The molecule has 1 heterocycles. The average Bonchev–Trinajstić information content (AvgIpc) is 2.68. The highest BCUT2D eigenvalue weighted by Gasteiger charge is 2.24. The van der Waals surface area contributed by atoms with Crippen LogP contribution >= 0.6 is 15.9 Å². The molecule has 0 aliphatic rings. The molecule has 1 rings (SSSR count). The van der Waals surface area contributed by atoms with Gasteiger partial charge in [-0.3, -0.25) is 4.68 Å². The second kappa shape index (κ2) is 7.17. The van der Waals surface area contributed by atoms with Crippen LogP contribution in [0.25, 0.3) is 0 Å². The van der Waals surface area contributed by atoms with Gasteiger partial charge in [0.1, 0.15) is 0 Å². The van der Waals surface area contributed by atoms with Crippen LogP contribution in [-0.4, -0.2) is 16.8 Å². The minimum Gasteiger partial charge on any atom is -0.311 e. The minimum atomic E-state index is 0.383. The van der Waals surface area contributed by atoms with Crippen LogP contribution in [0.3, 0.4) is 0 Å². The summed E-state index contributed by atoms with van der Waals surface area (Å²) in [7, 11) is 2.04. The molecule has 3 nitrogen and oxygen atoms in total. The molecule has 0 fully saturated rings. The predicted octanol–water partition coefficient (Wildman–Crippen LogP) is 3.75. The molecule has 1 unspecified atom stereocenters. The average molecular weight is 302 g/mol. The number of nitrogens with one attached hydrogen (secondary N) is 1. The summed E-state index contributed by atoms with van der Waals surface area (Å²) in [6.45, 7) is 7.68. The van der Waals surface area contributed by atoms with Gasteiger partial charge in [-0.15, -0.1) is 0 Å². The van der Waals surface area contributed by atoms with E-state index in [0.29, 0.717) is 12.0 Å². The molecular formula is C13H24BrN3. The van der Waals surface area contributed by atoms with Crippen molar-refractivity contribution in [2.24, 2.45) is 5.92 Å². The van der Waals surface area contributed by atoms with Crippen LogP contribution in [0.5, 0.6) is 0 Å². The Bertz CT molecular complexity index is 331. The summed E-state index contributed by atoms with van der Waals surface area (Å²) in [4.78, 5) is 0. The van der Waals surface area contributed by atoms with E-state index in [1.165, 1.54) is 18.5 Å². The first kappa shape index (κ1) is 14.7. The zero-order chi connectivity index (χ0) is 12.8. The summed E-state index contributed by atoms with van der Waals surface area (Å²) in [5, 5.41) is 7.91. The zero-order valence-electron chi connectivity index (χ0n) is 11.3. The Morgan fingerprint density at radius 2 is 2.00 bits per heavy atom. The van der Waals surface area contributed by atoms with Gasteiger partial charge in [-0.1, -0.05) is 33.6 Å². The Balaban J connectivity index is 3.04. The number of aromatic nitrogens is 2.